The topological polar surface area (TPSA) is 252 Å². The molecule has 6 rings (SSSR count). The smallest absolute Gasteiger partial charge is 0.352 e. The van der Waals surface area contributed by atoms with Crippen molar-refractivity contribution in [2.24, 2.45) is 14.1 Å². The SMILES string of the molecule is C.COC(=O)CCNC(=O)c1cc2cc(N)ccc2o1.COC(=O)CCNC(=O)c1cc2cc(NC(=O)c3nc(C)cn3C)ccc2o1.Cc1cc(C(=O)O)n(C)c1. The van der Waals surface area contributed by atoms with E-state index >= 15 is 0 Å². The van der Waals surface area contributed by atoms with Crippen LogP contribution in [0, 0.1) is 13.8 Å². The van der Waals surface area contributed by atoms with Gasteiger partial charge in [0, 0.05) is 61.7 Å². The van der Waals surface area contributed by atoms with Gasteiger partial charge in [-0.1, -0.05) is 7.43 Å². The Morgan fingerprint density at radius 3 is 1.72 bits per heavy atom. The fraction of sp³-hybridized carbons (Fsp3) is 0.275. The number of aromatic nitrogens is 3. The monoisotopic (exact) mass is 801 g/mol. The summed E-state index contributed by atoms with van der Waals surface area (Å²) in [5.74, 6) is -2.21. The molecule has 2 aromatic carbocycles. The highest BCUT2D eigenvalue weighted by Crippen LogP contribution is 2.24. The van der Waals surface area contributed by atoms with Gasteiger partial charge in [-0.3, -0.25) is 24.0 Å². The predicted molar refractivity (Wildman–Crippen MR) is 215 cm³/mol. The van der Waals surface area contributed by atoms with Crippen molar-refractivity contribution in [2.45, 2.75) is 34.1 Å². The maximum Gasteiger partial charge on any atom is 0.352 e. The number of hydrogen-bond donors (Lipinski definition) is 5. The van der Waals surface area contributed by atoms with Gasteiger partial charge in [0.2, 0.25) is 0 Å². The van der Waals surface area contributed by atoms with E-state index in [1.54, 1.807) is 90.2 Å². The number of benzene rings is 2. The van der Waals surface area contributed by atoms with Crippen molar-refractivity contribution in [3.63, 3.8) is 0 Å². The maximum absolute atomic E-state index is 12.4. The molecule has 308 valence electrons. The summed E-state index contributed by atoms with van der Waals surface area (Å²) in [5.41, 5.74) is 9.95. The van der Waals surface area contributed by atoms with E-state index in [4.69, 9.17) is 19.7 Å². The molecule has 0 fully saturated rings. The number of carboxylic acids is 1. The summed E-state index contributed by atoms with van der Waals surface area (Å²) in [7, 11) is 6.05. The minimum absolute atomic E-state index is 0. The second-order valence-electron chi connectivity index (χ2n) is 12.5. The van der Waals surface area contributed by atoms with Gasteiger partial charge in [-0.2, -0.15) is 0 Å². The highest BCUT2D eigenvalue weighted by atomic mass is 16.5. The number of methoxy groups -OCH3 is 2. The molecule has 0 aliphatic heterocycles. The van der Waals surface area contributed by atoms with Gasteiger partial charge in [-0.05, 0) is 74.0 Å². The number of nitrogens with two attached hydrogens (primary N) is 1. The number of nitrogens with zero attached hydrogens (tertiary/aromatic N) is 3. The van der Waals surface area contributed by atoms with E-state index in [1.807, 2.05) is 13.8 Å². The maximum atomic E-state index is 12.4. The number of carbonyl (C=O) groups is 6. The lowest BCUT2D eigenvalue weighted by molar-refractivity contribution is -0.141. The second-order valence-corrected chi connectivity index (χ2v) is 12.5. The minimum Gasteiger partial charge on any atom is -0.477 e. The van der Waals surface area contributed by atoms with Gasteiger partial charge in [-0.25, -0.2) is 9.78 Å². The zero-order valence-electron chi connectivity index (χ0n) is 32.1. The van der Waals surface area contributed by atoms with E-state index in [9.17, 15) is 28.8 Å². The first-order chi connectivity index (χ1) is 27.1. The van der Waals surface area contributed by atoms with Crippen molar-refractivity contribution in [1.82, 2.24) is 24.8 Å². The van der Waals surface area contributed by atoms with Crippen LogP contribution in [-0.4, -0.2) is 82.2 Å². The molecule has 6 N–H and O–H groups in total. The molecule has 0 bridgehead atoms. The molecule has 0 aliphatic rings. The summed E-state index contributed by atoms with van der Waals surface area (Å²) in [6.07, 6.45) is 3.74. The van der Waals surface area contributed by atoms with Crippen molar-refractivity contribution in [3.05, 3.63) is 101 Å². The number of furan rings is 2. The summed E-state index contributed by atoms with van der Waals surface area (Å²) < 4.78 is 23.1. The van der Waals surface area contributed by atoms with E-state index in [2.05, 4.69) is 30.4 Å². The first-order valence-electron chi connectivity index (χ1n) is 17.3. The highest BCUT2D eigenvalue weighted by Gasteiger charge is 2.16. The average Bonchev–Trinajstić information content (AvgIpc) is 3.95. The predicted octanol–water partition coefficient (Wildman–Crippen LogP) is 5.00. The molecule has 0 atom stereocenters. The van der Waals surface area contributed by atoms with Crippen molar-refractivity contribution in [3.8, 4) is 0 Å². The molecule has 0 aliphatic carbocycles. The van der Waals surface area contributed by atoms with Crippen molar-refractivity contribution >= 4 is 68.9 Å². The van der Waals surface area contributed by atoms with Gasteiger partial charge < -0.3 is 54.2 Å². The molecule has 0 radical (unpaired) electrons. The quantitative estimate of drug-likeness (QED) is 0.0856. The molecule has 0 spiro atoms. The van der Waals surface area contributed by atoms with Crippen LogP contribution in [0.4, 0.5) is 11.4 Å². The zero-order valence-corrected chi connectivity index (χ0v) is 32.1. The number of rotatable bonds is 11. The molecule has 0 unspecified atom stereocenters. The second kappa shape index (κ2) is 20.5. The van der Waals surface area contributed by atoms with Gasteiger partial charge in [0.05, 0.1) is 32.8 Å². The number of esters is 2. The van der Waals surface area contributed by atoms with Crippen LogP contribution in [-0.2, 0) is 33.2 Å². The fourth-order valence-corrected chi connectivity index (χ4v) is 5.30. The van der Waals surface area contributed by atoms with Gasteiger partial charge in [0.15, 0.2) is 17.3 Å². The Kier molecular flexibility index (Phi) is 15.9. The third-order valence-electron chi connectivity index (χ3n) is 8.01. The summed E-state index contributed by atoms with van der Waals surface area (Å²) in [5, 5.41) is 17.9. The van der Waals surface area contributed by atoms with E-state index in [0.29, 0.717) is 39.4 Å². The van der Waals surface area contributed by atoms with Crippen molar-refractivity contribution < 1.29 is 52.2 Å². The zero-order chi connectivity index (χ0) is 41.8. The molecular formula is C40H47N7O11. The standard InChI is InChI=1S/C19H20N4O5.C13H14N2O4.C7H9NO2.CH4/c1-11-10-23(2)17(21-11)19(26)22-13-4-5-14-12(8-13)9-15(28-14)18(25)20-7-6-16(24)27-3;1-18-12(16)4-5-15-13(17)11-7-8-6-9(14)2-3-10(8)19-11;1-5-3-6(7(9)10)8(2)4-5;/h4-5,8-10H,6-7H2,1-3H3,(H,20,25)(H,22,26);2-3,6-7H,4-5,14H2,1H3,(H,15,17);3-4H,1-2H3,(H,9,10);1H4. The number of ether oxygens (including phenoxy) is 2. The van der Waals surface area contributed by atoms with Crippen molar-refractivity contribution in [2.75, 3.05) is 38.4 Å². The number of amides is 3. The van der Waals surface area contributed by atoms with E-state index in [0.717, 1.165) is 16.6 Å². The summed E-state index contributed by atoms with van der Waals surface area (Å²) in [4.78, 5) is 72.9. The first-order valence-corrected chi connectivity index (χ1v) is 17.3. The van der Waals surface area contributed by atoms with Crippen LogP contribution < -0.4 is 21.7 Å². The number of imidazole rings is 1. The lowest BCUT2D eigenvalue weighted by Gasteiger charge is -2.04. The third kappa shape index (κ3) is 12.3. The largest absolute Gasteiger partial charge is 0.477 e. The van der Waals surface area contributed by atoms with Gasteiger partial charge >= 0.3 is 17.9 Å². The molecule has 4 heterocycles. The Balaban J connectivity index is 0.000000258. The van der Waals surface area contributed by atoms with Crippen LogP contribution in [0.3, 0.4) is 0 Å². The minimum atomic E-state index is -0.879. The molecule has 0 saturated carbocycles. The Morgan fingerprint density at radius 2 is 1.28 bits per heavy atom. The Hall–Kier alpha value is -7.37. The lowest BCUT2D eigenvalue weighted by atomic mass is 10.2. The molecular weight excluding hydrogens is 754 g/mol. The van der Waals surface area contributed by atoms with Crippen LogP contribution >= 0.6 is 0 Å². The summed E-state index contributed by atoms with van der Waals surface area (Å²) >= 11 is 0. The summed E-state index contributed by atoms with van der Waals surface area (Å²) in [6, 6.07) is 15.0. The van der Waals surface area contributed by atoms with E-state index in [1.165, 1.54) is 14.2 Å². The molecule has 3 amide bonds. The van der Waals surface area contributed by atoms with E-state index < -0.39 is 17.8 Å². The molecule has 0 saturated heterocycles. The van der Waals surface area contributed by atoms with E-state index in [-0.39, 0.29) is 62.7 Å². The molecule has 4 aromatic heterocycles. The highest BCUT2D eigenvalue weighted by molar-refractivity contribution is 6.03. The number of hydrogen-bond acceptors (Lipinski definition) is 12. The van der Waals surface area contributed by atoms with Crippen LogP contribution in [0.5, 0.6) is 0 Å². The number of nitrogen functional groups attached to an aromatic ring is 1. The molecule has 58 heavy (non-hydrogen) atoms. The number of aromatic carboxylic acids is 1. The number of carbonyl (C=O) groups excluding carboxylic acids is 5. The fourth-order valence-electron chi connectivity index (χ4n) is 5.30. The van der Waals surface area contributed by atoms with Crippen LogP contribution in [0.2, 0.25) is 0 Å². The van der Waals surface area contributed by atoms with Gasteiger partial charge in [-0.15, -0.1) is 0 Å². The van der Waals surface area contributed by atoms with Crippen LogP contribution in [0.25, 0.3) is 21.9 Å². The number of carboxylic acid groups (broad SMARTS) is 1. The van der Waals surface area contributed by atoms with Gasteiger partial charge in [0.25, 0.3) is 17.7 Å². The number of fused-ring (bicyclic) bond motifs is 2. The average molecular weight is 802 g/mol. The molecule has 18 nitrogen and oxygen atoms in total. The number of anilines is 2. The number of nitrogens with one attached hydrogen (secondary N) is 3. The Labute approximate surface area is 333 Å². The molecule has 6 aromatic rings. The lowest BCUT2D eigenvalue weighted by Crippen LogP contribution is -2.25. The normalized spacial score (nSPS) is 10.2. The van der Waals surface area contributed by atoms with Crippen LogP contribution in [0.1, 0.15) is 73.7 Å². The third-order valence-corrected chi connectivity index (χ3v) is 8.01. The molecule has 18 heteroatoms. The first kappa shape index (κ1) is 45.0. The van der Waals surface area contributed by atoms with Gasteiger partial charge in [0.1, 0.15) is 16.9 Å². The van der Waals surface area contributed by atoms with Crippen LogP contribution in [0.15, 0.2) is 75.8 Å². The summed E-state index contributed by atoms with van der Waals surface area (Å²) in [6.45, 7) is 4.02. The Bertz CT molecular complexity index is 2420. The number of aryl methyl sites for hydroxylation is 4. The van der Waals surface area contributed by atoms with Crippen molar-refractivity contribution in [1.29, 1.82) is 0 Å². The Morgan fingerprint density at radius 1 is 0.741 bits per heavy atom.